The van der Waals surface area contributed by atoms with Crippen LogP contribution in [0.4, 0.5) is 11.4 Å². The predicted octanol–water partition coefficient (Wildman–Crippen LogP) is 5.36. The van der Waals surface area contributed by atoms with Crippen molar-refractivity contribution >= 4 is 29.1 Å². The molecule has 2 N–H and O–H groups in total. The number of para-hydroxylation sites is 1. The zero-order valence-electron chi connectivity index (χ0n) is 31.9. The molecule has 290 valence electrons. The Morgan fingerprint density at radius 3 is 2.29 bits per heavy atom. The van der Waals surface area contributed by atoms with Gasteiger partial charge in [0.05, 0.1) is 28.9 Å². The third kappa shape index (κ3) is 7.02. The van der Waals surface area contributed by atoms with Gasteiger partial charge in [0, 0.05) is 69.5 Å². The van der Waals surface area contributed by atoms with E-state index in [0.717, 1.165) is 101 Å². The Hall–Kier alpha value is -5.29. The summed E-state index contributed by atoms with van der Waals surface area (Å²) >= 11 is 0. The fourth-order valence-corrected chi connectivity index (χ4v) is 10.3. The van der Waals surface area contributed by atoms with Crippen molar-refractivity contribution in [3.63, 3.8) is 0 Å². The summed E-state index contributed by atoms with van der Waals surface area (Å²) in [7, 11) is 0. The molecule has 0 saturated carbocycles. The largest absolute Gasteiger partial charge is 0.507 e. The molecule has 0 aliphatic carbocycles. The van der Waals surface area contributed by atoms with Gasteiger partial charge in [0.2, 0.25) is 17.7 Å². The summed E-state index contributed by atoms with van der Waals surface area (Å²) in [4.78, 5) is 48.5. The summed E-state index contributed by atoms with van der Waals surface area (Å²) in [5, 5.41) is 21.5. The van der Waals surface area contributed by atoms with E-state index in [9.17, 15) is 19.5 Å². The van der Waals surface area contributed by atoms with Gasteiger partial charge in [0.25, 0.3) is 0 Å². The smallest absolute Gasteiger partial charge is 0.234 e. The van der Waals surface area contributed by atoms with Crippen LogP contribution in [-0.4, -0.2) is 101 Å². The quantitative estimate of drug-likeness (QED) is 0.229. The van der Waals surface area contributed by atoms with Gasteiger partial charge in [0.1, 0.15) is 5.75 Å². The monoisotopic (exact) mass is 753 g/mol. The Balaban J connectivity index is 0.820. The van der Waals surface area contributed by atoms with Crippen molar-refractivity contribution in [2.45, 2.75) is 62.3 Å². The molecule has 1 aromatic heterocycles. The molecule has 0 spiro atoms. The van der Waals surface area contributed by atoms with Crippen molar-refractivity contribution < 1.29 is 19.5 Å². The van der Waals surface area contributed by atoms with Crippen LogP contribution in [0.3, 0.4) is 0 Å². The second-order valence-corrected chi connectivity index (χ2v) is 16.6. The number of carbonyl (C=O) groups is 3. The van der Waals surface area contributed by atoms with Gasteiger partial charge in [-0.1, -0.05) is 54.6 Å². The Bertz CT molecular complexity index is 2060. The number of fused-ring (bicyclic) bond motifs is 1. The highest BCUT2D eigenvalue weighted by Gasteiger charge is 2.50. The normalized spacial score (nSPS) is 24.3. The number of piperidine rings is 3. The Morgan fingerprint density at radius 2 is 1.54 bits per heavy atom. The van der Waals surface area contributed by atoms with E-state index in [0.29, 0.717) is 42.0 Å². The van der Waals surface area contributed by atoms with Gasteiger partial charge >= 0.3 is 0 Å². The number of phenols is 1. The molecule has 5 aliphatic rings. The van der Waals surface area contributed by atoms with Crippen LogP contribution in [0.25, 0.3) is 11.3 Å². The maximum atomic E-state index is 14.9. The molecule has 0 radical (unpaired) electrons. The van der Waals surface area contributed by atoms with Gasteiger partial charge in [-0.15, -0.1) is 0 Å². The minimum Gasteiger partial charge on any atom is -0.507 e. The number of benzene rings is 3. The number of aromatic nitrogens is 2. The third-order valence-corrected chi connectivity index (χ3v) is 13.5. The van der Waals surface area contributed by atoms with Gasteiger partial charge in [-0.3, -0.25) is 24.6 Å². The maximum absolute atomic E-state index is 14.9. The number of hydrogen-bond donors (Lipinski definition) is 2. The number of aromatic hydroxyl groups is 1. The number of anilines is 2. The van der Waals surface area contributed by atoms with Crippen molar-refractivity contribution in [1.82, 2.24) is 25.3 Å². The lowest BCUT2D eigenvalue weighted by Gasteiger charge is -2.44. The van der Waals surface area contributed by atoms with E-state index in [1.165, 1.54) is 5.69 Å². The third-order valence-electron chi connectivity index (χ3n) is 13.5. The predicted molar refractivity (Wildman–Crippen MR) is 215 cm³/mol. The van der Waals surface area contributed by atoms with Crippen LogP contribution >= 0.6 is 0 Å². The maximum Gasteiger partial charge on any atom is 0.234 e. The molecule has 5 saturated heterocycles. The SMILES string of the molecule is O=C1CC[C@H](c2ccc(N3CCC(CN4CCC5CN(C(=O)C6(c7ccccc7)CCN(c7cnnc(-c8ccccc8O)c7)CC6)CC54)CC3)cc2)C(=O)N1. The van der Waals surface area contributed by atoms with Gasteiger partial charge < -0.3 is 19.8 Å². The van der Waals surface area contributed by atoms with Crippen molar-refractivity contribution in [2.24, 2.45) is 11.8 Å². The Labute approximate surface area is 328 Å². The first-order chi connectivity index (χ1) is 27.3. The molecule has 3 amide bonds. The van der Waals surface area contributed by atoms with Crippen LogP contribution < -0.4 is 15.1 Å². The van der Waals surface area contributed by atoms with Crippen LogP contribution in [-0.2, 0) is 19.8 Å². The fraction of sp³-hybridized carbons (Fsp3) is 0.444. The lowest BCUT2D eigenvalue weighted by molar-refractivity contribution is -0.138. The van der Waals surface area contributed by atoms with Gasteiger partial charge in [-0.05, 0) is 98.4 Å². The number of likely N-dealkylation sites (tertiary alicyclic amines) is 2. The molecule has 3 aromatic carbocycles. The molecule has 9 rings (SSSR count). The lowest BCUT2D eigenvalue weighted by Crippen LogP contribution is -2.53. The molecular formula is C45H51N7O4. The number of rotatable bonds is 8. The average Bonchev–Trinajstić information content (AvgIpc) is 3.83. The zero-order valence-corrected chi connectivity index (χ0v) is 31.9. The highest BCUT2D eigenvalue weighted by molar-refractivity contribution is 6.01. The summed E-state index contributed by atoms with van der Waals surface area (Å²) in [5.41, 5.74) is 4.94. The second-order valence-electron chi connectivity index (χ2n) is 16.6. The van der Waals surface area contributed by atoms with Crippen LogP contribution in [0, 0.1) is 11.8 Å². The molecular weight excluding hydrogens is 703 g/mol. The number of phenolic OH excluding ortho intramolecular Hbond substituents is 1. The average molecular weight is 754 g/mol. The van der Waals surface area contributed by atoms with E-state index < -0.39 is 5.41 Å². The number of nitrogens with zero attached hydrogens (tertiary/aromatic N) is 6. The van der Waals surface area contributed by atoms with E-state index in [-0.39, 0.29) is 29.4 Å². The van der Waals surface area contributed by atoms with E-state index in [1.807, 2.05) is 24.3 Å². The van der Waals surface area contributed by atoms with Crippen LogP contribution in [0.2, 0.25) is 0 Å². The molecule has 0 bridgehead atoms. The highest BCUT2D eigenvalue weighted by atomic mass is 16.3. The fourth-order valence-electron chi connectivity index (χ4n) is 10.3. The Morgan fingerprint density at radius 1 is 0.804 bits per heavy atom. The van der Waals surface area contributed by atoms with Crippen LogP contribution in [0.1, 0.15) is 62.0 Å². The molecule has 11 heteroatoms. The van der Waals surface area contributed by atoms with Crippen LogP contribution in [0.15, 0.2) is 91.1 Å². The van der Waals surface area contributed by atoms with E-state index >= 15 is 0 Å². The molecule has 6 heterocycles. The summed E-state index contributed by atoms with van der Waals surface area (Å²) in [6, 6.07) is 28.4. The van der Waals surface area contributed by atoms with Gasteiger partial charge in [-0.25, -0.2) is 0 Å². The van der Waals surface area contributed by atoms with Crippen LogP contribution in [0.5, 0.6) is 5.75 Å². The summed E-state index contributed by atoms with van der Waals surface area (Å²) < 4.78 is 0. The molecule has 5 fully saturated rings. The number of imide groups is 1. The van der Waals surface area contributed by atoms with Crippen molar-refractivity contribution in [3.8, 4) is 17.0 Å². The molecule has 11 nitrogen and oxygen atoms in total. The topological polar surface area (TPSA) is 122 Å². The molecule has 2 unspecified atom stereocenters. The first kappa shape index (κ1) is 36.4. The van der Waals surface area contributed by atoms with Crippen molar-refractivity contribution in [2.75, 3.05) is 62.2 Å². The number of carbonyl (C=O) groups excluding carboxylic acids is 3. The van der Waals surface area contributed by atoms with E-state index in [4.69, 9.17) is 0 Å². The minimum absolute atomic E-state index is 0.179. The van der Waals surface area contributed by atoms with Crippen molar-refractivity contribution in [3.05, 3.63) is 102 Å². The standard InChI is InChI=1S/C45H51N7O4/c53-41-9-5-4-8-38(41)39-26-36(27-46-48-39)50-24-19-45(20-25-50,34-6-2-1-3-7-34)44(56)52-29-33-18-23-51(40(33)30-52)28-31-16-21-49(22-17-31)35-12-10-32(11-13-35)37-14-15-42(54)47-43(37)55/h1-13,26-27,31,33,37,40,53H,14-25,28-30H2,(H,47,54,55)/t33?,37-,40?/m1/s1. The van der Waals surface area contributed by atoms with E-state index in [2.05, 4.69) is 83.6 Å². The first-order valence-corrected chi connectivity index (χ1v) is 20.5. The Kier molecular flexibility index (Phi) is 9.95. The van der Waals surface area contributed by atoms with E-state index in [1.54, 1.807) is 18.3 Å². The summed E-state index contributed by atoms with van der Waals surface area (Å²) in [6.45, 7) is 7.31. The molecule has 56 heavy (non-hydrogen) atoms. The first-order valence-electron chi connectivity index (χ1n) is 20.5. The molecule has 4 aromatic rings. The zero-order chi connectivity index (χ0) is 38.2. The number of amides is 3. The molecule has 5 aliphatic heterocycles. The summed E-state index contributed by atoms with van der Waals surface area (Å²) in [6.07, 6.45) is 7.61. The van der Waals surface area contributed by atoms with Gasteiger partial charge in [0.15, 0.2) is 0 Å². The number of nitrogens with one attached hydrogen (secondary N) is 1. The highest BCUT2D eigenvalue weighted by Crippen LogP contribution is 2.42. The minimum atomic E-state index is -0.574. The molecule has 3 atom stereocenters. The second kappa shape index (κ2) is 15.3. The lowest BCUT2D eigenvalue weighted by atomic mass is 9.71. The van der Waals surface area contributed by atoms with Gasteiger partial charge in [-0.2, -0.15) is 10.2 Å². The summed E-state index contributed by atoms with van der Waals surface area (Å²) in [5.74, 6) is 0.983. The number of hydrogen-bond acceptors (Lipinski definition) is 9. The van der Waals surface area contributed by atoms with Crippen molar-refractivity contribution in [1.29, 1.82) is 0 Å².